The van der Waals surface area contributed by atoms with Crippen molar-refractivity contribution >= 4 is 11.5 Å². The molecule has 136 valence electrons. The number of aromatic nitrogens is 1. The van der Waals surface area contributed by atoms with E-state index in [1.807, 2.05) is 18.2 Å². The van der Waals surface area contributed by atoms with E-state index in [0.29, 0.717) is 23.0 Å². The summed E-state index contributed by atoms with van der Waals surface area (Å²) in [5, 5.41) is 9.99. The first-order valence-electron chi connectivity index (χ1n) is 7.75. The molecule has 0 amide bonds. The zero-order valence-electron chi connectivity index (χ0n) is 14.9. The van der Waals surface area contributed by atoms with Gasteiger partial charge in [-0.2, -0.15) is 4.37 Å². The Morgan fingerprint density at radius 3 is 2.23 bits per heavy atom. The van der Waals surface area contributed by atoms with E-state index < -0.39 is 0 Å². The number of nitrogens with zero attached hydrogens (tertiary/aromatic N) is 1. The van der Waals surface area contributed by atoms with Crippen LogP contribution < -0.4 is 18.9 Å². The predicted octanol–water partition coefficient (Wildman–Crippen LogP) is 4.22. The van der Waals surface area contributed by atoms with Gasteiger partial charge in [0.15, 0.2) is 23.0 Å². The number of benzene rings is 2. The molecule has 0 bridgehead atoms. The molecule has 7 heteroatoms. The molecule has 2 aromatic carbocycles. The van der Waals surface area contributed by atoms with Crippen molar-refractivity contribution in [1.29, 1.82) is 0 Å². The number of phenols is 1. The molecule has 0 atom stereocenters. The van der Waals surface area contributed by atoms with Crippen molar-refractivity contribution in [2.75, 3.05) is 28.4 Å². The first-order chi connectivity index (χ1) is 12.6. The van der Waals surface area contributed by atoms with Gasteiger partial charge in [0.05, 0.1) is 39.0 Å². The van der Waals surface area contributed by atoms with Gasteiger partial charge in [-0.15, -0.1) is 0 Å². The third-order valence-corrected chi connectivity index (χ3v) is 4.76. The Kier molecular flexibility index (Phi) is 5.18. The van der Waals surface area contributed by atoms with Crippen LogP contribution in [0.1, 0.15) is 0 Å². The summed E-state index contributed by atoms with van der Waals surface area (Å²) in [6.07, 6.45) is 0. The van der Waals surface area contributed by atoms with Crippen LogP contribution in [0.5, 0.6) is 28.7 Å². The fourth-order valence-electron chi connectivity index (χ4n) is 2.63. The normalized spacial score (nSPS) is 10.5. The van der Waals surface area contributed by atoms with Crippen molar-refractivity contribution in [2.24, 2.45) is 0 Å². The smallest absolute Gasteiger partial charge is 0.169 e. The Morgan fingerprint density at radius 2 is 1.62 bits per heavy atom. The lowest BCUT2D eigenvalue weighted by molar-refractivity contribution is 0.350. The van der Waals surface area contributed by atoms with Gasteiger partial charge in [-0.25, -0.2) is 0 Å². The molecule has 1 heterocycles. The summed E-state index contributed by atoms with van der Waals surface area (Å²) in [5.74, 6) is 2.35. The van der Waals surface area contributed by atoms with E-state index in [0.717, 1.165) is 21.7 Å². The number of hydrogen-bond donors (Lipinski definition) is 1. The highest BCUT2D eigenvalue weighted by molar-refractivity contribution is 7.09. The lowest BCUT2D eigenvalue weighted by atomic mass is 10.1. The summed E-state index contributed by atoms with van der Waals surface area (Å²) in [6, 6.07) is 10.8. The van der Waals surface area contributed by atoms with Crippen LogP contribution in [0.4, 0.5) is 0 Å². The van der Waals surface area contributed by atoms with E-state index in [1.54, 1.807) is 39.5 Å². The fraction of sp³-hybridized carbons (Fsp3) is 0.211. The van der Waals surface area contributed by atoms with E-state index in [2.05, 4.69) is 4.37 Å². The second-order valence-corrected chi connectivity index (χ2v) is 6.18. The molecule has 0 unspecified atom stereocenters. The van der Waals surface area contributed by atoms with Crippen LogP contribution in [0.2, 0.25) is 0 Å². The second-order valence-electron chi connectivity index (χ2n) is 5.37. The number of hydrogen-bond acceptors (Lipinski definition) is 7. The number of rotatable bonds is 6. The maximum absolute atomic E-state index is 9.99. The largest absolute Gasteiger partial charge is 0.504 e. The van der Waals surface area contributed by atoms with E-state index in [1.165, 1.54) is 18.6 Å². The maximum Gasteiger partial charge on any atom is 0.169 e. The second kappa shape index (κ2) is 7.53. The van der Waals surface area contributed by atoms with Gasteiger partial charge in [0.25, 0.3) is 0 Å². The van der Waals surface area contributed by atoms with Crippen molar-refractivity contribution in [3.05, 3.63) is 36.4 Å². The number of aromatic hydroxyl groups is 1. The summed E-state index contributed by atoms with van der Waals surface area (Å²) in [6.45, 7) is 0. The van der Waals surface area contributed by atoms with Crippen LogP contribution in [-0.2, 0) is 0 Å². The highest BCUT2D eigenvalue weighted by Gasteiger charge is 2.18. The van der Waals surface area contributed by atoms with Crippen molar-refractivity contribution in [1.82, 2.24) is 4.37 Å². The van der Waals surface area contributed by atoms with Gasteiger partial charge < -0.3 is 24.1 Å². The zero-order chi connectivity index (χ0) is 18.7. The van der Waals surface area contributed by atoms with Gasteiger partial charge in [0.2, 0.25) is 0 Å². The van der Waals surface area contributed by atoms with Gasteiger partial charge in [0.1, 0.15) is 5.75 Å². The average molecular weight is 373 g/mol. The molecule has 0 saturated heterocycles. The average Bonchev–Trinajstić information content (AvgIpc) is 3.16. The predicted molar refractivity (Wildman–Crippen MR) is 101 cm³/mol. The summed E-state index contributed by atoms with van der Waals surface area (Å²) in [4.78, 5) is 0.893. The van der Waals surface area contributed by atoms with Crippen LogP contribution in [0.15, 0.2) is 36.4 Å². The molecule has 1 aromatic heterocycles. The molecular weight excluding hydrogens is 354 g/mol. The third-order valence-electron chi connectivity index (χ3n) is 3.94. The minimum absolute atomic E-state index is 0.0696. The molecule has 3 aromatic rings. The highest BCUT2D eigenvalue weighted by atomic mass is 32.1. The standard InChI is InChI=1S/C19H19NO5S/c1-22-12-8-13(19(25-4)17(9-12)24-3)18-10-14(20-26-18)11-5-6-16(23-2)15(21)7-11/h5-10,21H,1-4H3. The first kappa shape index (κ1) is 17.9. The molecule has 0 aliphatic carbocycles. The van der Waals surface area contributed by atoms with Crippen molar-refractivity contribution in [2.45, 2.75) is 0 Å². The maximum atomic E-state index is 9.99. The molecule has 0 spiro atoms. The third kappa shape index (κ3) is 3.25. The minimum atomic E-state index is 0.0696. The SMILES string of the molecule is COc1cc(OC)c(OC)c(-c2cc(-c3ccc(OC)c(O)c3)ns2)c1. The molecule has 3 rings (SSSR count). The van der Waals surface area contributed by atoms with Gasteiger partial charge in [-0.3, -0.25) is 0 Å². The van der Waals surface area contributed by atoms with E-state index >= 15 is 0 Å². The van der Waals surface area contributed by atoms with Crippen molar-refractivity contribution in [3.8, 4) is 50.4 Å². The molecule has 0 aliphatic heterocycles. The highest BCUT2D eigenvalue weighted by Crippen LogP contribution is 2.44. The number of ether oxygens (including phenoxy) is 4. The Hall–Kier alpha value is -2.93. The van der Waals surface area contributed by atoms with Gasteiger partial charge in [-0.1, -0.05) is 0 Å². The molecule has 26 heavy (non-hydrogen) atoms. The van der Waals surface area contributed by atoms with Gasteiger partial charge >= 0.3 is 0 Å². The van der Waals surface area contributed by atoms with Crippen LogP contribution in [0.25, 0.3) is 21.7 Å². The molecule has 0 saturated carbocycles. The van der Waals surface area contributed by atoms with E-state index in [4.69, 9.17) is 18.9 Å². The Bertz CT molecular complexity index is 922. The molecule has 1 N–H and O–H groups in total. The van der Waals surface area contributed by atoms with Gasteiger partial charge in [0, 0.05) is 17.2 Å². The van der Waals surface area contributed by atoms with E-state index in [9.17, 15) is 5.11 Å². The molecule has 0 radical (unpaired) electrons. The van der Waals surface area contributed by atoms with Crippen LogP contribution in [0.3, 0.4) is 0 Å². The Labute approximate surface area is 155 Å². The first-order valence-corrected chi connectivity index (χ1v) is 8.53. The lowest BCUT2D eigenvalue weighted by Gasteiger charge is -2.13. The molecular formula is C19H19NO5S. The number of methoxy groups -OCH3 is 4. The molecule has 6 nitrogen and oxygen atoms in total. The minimum Gasteiger partial charge on any atom is -0.504 e. The monoisotopic (exact) mass is 373 g/mol. The number of phenolic OH excluding ortho intramolecular Hbond substituents is 1. The summed E-state index contributed by atoms with van der Waals surface area (Å²) >= 11 is 1.33. The quantitative estimate of drug-likeness (QED) is 0.698. The molecule has 0 aliphatic rings. The van der Waals surface area contributed by atoms with Crippen molar-refractivity contribution < 1.29 is 24.1 Å². The topological polar surface area (TPSA) is 70.0 Å². The lowest BCUT2D eigenvalue weighted by Crippen LogP contribution is -1.94. The van der Waals surface area contributed by atoms with Crippen LogP contribution in [-0.4, -0.2) is 37.9 Å². The van der Waals surface area contributed by atoms with Crippen LogP contribution >= 0.6 is 11.5 Å². The summed E-state index contributed by atoms with van der Waals surface area (Å²) < 4.78 is 25.9. The summed E-state index contributed by atoms with van der Waals surface area (Å²) in [7, 11) is 6.29. The van der Waals surface area contributed by atoms with Crippen LogP contribution in [0, 0.1) is 0 Å². The Morgan fingerprint density at radius 1 is 0.846 bits per heavy atom. The Balaban J connectivity index is 2.06. The summed E-state index contributed by atoms with van der Waals surface area (Å²) in [5.41, 5.74) is 2.36. The van der Waals surface area contributed by atoms with Crippen molar-refractivity contribution in [3.63, 3.8) is 0 Å². The van der Waals surface area contributed by atoms with Gasteiger partial charge in [-0.05, 0) is 41.9 Å². The zero-order valence-corrected chi connectivity index (χ0v) is 15.7. The van der Waals surface area contributed by atoms with E-state index in [-0.39, 0.29) is 5.75 Å². The fourth-order valence-corrected chi connectivity index (χ4v) is 3.40. The molecule has 0 fully saturated rings.